The van der Waals surface area contributed by atoms with Crippen molar-refractivity contribution in [2.45, 2.75) is 6.92 Å². The van der Waals surface area contributed by atoms with Crippen LogP contribution >= 0.6 is 12.4 Å². The van der Waals surface area contributed by atoms with Crippen molar-refractivity contribution < 1.29 is 4.74 Å². The van der Waals surface area contributed by atoms with Crippen molar-refractivity contribution in [2.75, 3.05) is 18.1 Å². The van der Waals surface area contributed by atoms with E-state index in [-0.39, 0.29) is 12.4 Å². The molecule has 0 amide bonds. The maximum Gasteiger partial charge on any atom is 0.120 e. The summed E-state index contributed by atoms with van der Waals surface area (Å²) in [5.41, 5.74) is 15.1. The van der Waals surface area contributed by atoms with Gasteiger partial charge in [-0.15, -0.1) is 12.4 Å². The summed E-state index contributed by atoms with van der Waals surface area (Å²) in [7, 11) is 0. The summed E-state index contributed by atoms with van der Waals surface area (Å²) in [5, 5.41) is 1.82. The molecule has 4 N–H and O–H groups in total. The average Bonchev–Trinajstić information content (AvgIpc) is 2.40. The number of fused-ring (bicyclic) bond motifs is 2. The fourth-order valence-electron chi connectivity index (χ4n) is 2.23. The number of nitrogens with two attached hydrogens (primary N) is 2. The van der Waals surface area contributed by atoms with E-state index in [1.165, 1.54) is 0 Å². The van der Waals surface area contributed by atoms with E-state index >= 15 is 0 Å². The molecule has 4 nitrogen and oxygen atoms in total. The Kier molecular flexibility index (Phi) is 3.86. The molecule has 20 heavy (non-hydrogen) atoms. The molecular formula is C15H16ClN3O. The van der Waals surface area contributed by atoms with Crippen molar-refractivity contribution in [3.8, 4) is 5.75 Å². The molecule has 5 heteroatoms. The Morgan fingerprint density at radius 1 is 1.00 bits per heavy atom. The van der Waals surface area contributed by atoms with Crippen molar-refractivity contribution in [1.29, 1.82) is 0 Å². The van der Waals surface area contributed by atoms with Gasteiger partial charge in [0.05, 0.1) is 23.3 Å². The lowest BCUT2D eigenvalue weighted by Crippen LogP contribution is -1.96. The van der Waals surface area contributed by atoms with E-state index in [9.17, 15) is 0 Å². The third-order valence-corrected chi connectivity index (χ3v) is 3.12. The highest BCUT2D eigenvalue weighted by molar-refractivity contribution is 6.07. The van der Waals surface area contributed by atoms with Crippen LogP contribution < -0.4 is 16.2 Å². The number of hydrogen-bond donors (Lipinski definition) is 2. The minimum Gasteiger partial charge on any atom is -0.494 e. The number of pyridine rings is 1. The van der Waals surface area contributed by atoms with Crippen LogP contribution in [0.4, 0.5) is 11.4 Å². The zero-order chi connectivity index (χ0) is 13.4. The van der Waals surface area contributed by atoms with Crippen molar-refractivity contribution in [1.82, 2.24) is 4.98 Å². The van der Waals surface area contributed by atoms with Gasteiger partial charge in [0.15, 0.2) is 0 Å². The van der Waals surface area contributed by atoms with Crippen LogP contribution in [0, 0.1) is 0 Å². The molecule has 1 aromatic heterocycles. The molecular weight excluding hydrogens is 274 g/mol. The zero-order valence-electron chi connectivity index (χ0n) is 11.1. The molecule has 1 heterocycles. The van der Waals surface area contributed by atoms with Crippen molar-refractivity contribution in [3.63, 3.8) is 0 Å². The minimum absolute atomic E-state index is 0. The van der Waals surface area contributed by atoms with Gasteiger partial charge in [0.25, 0.3) is 0 Å². The first-order valence-corrected chi connectivity index (χ1v) is 6.20. The molecule has 3 aromatic rings. The Hall–Kier alpha value is -2.20. The van der Waals surface area contributed by atoms with Gasteiger partial charge in [-0.1, -0.05) is 0 Å². The Labute approximate surface area is 123 Å². The second kappa shape index (κ2) is 5.43. The van der Waals surface area contributed by atoms with Crippen LogP contribution in [0.15, 0.2) is 36.4 Å². The third kappa shape index (κ3) is 2.30. The van der Waals surface area contributed by atoms with Gasteiger partial charge in [-0.2, -0.15) is 0 Å². The Balaban J connectivity index is 0.00000147. The monoisotopic (exact) mass is 289 g/mol. The van der Waals surface area contributed by atoms with Crippen molar-refractivity contribution in [3.05, 3.63) is 36.4 Å². The summed E-state index contributed by atoms with van der Waals surface area (Å²) < 4.78 is 5.50. The molecule has 0 aliphatic rings. The van der Waals surface area contributed by atoms with E-state index in [0.29, 0.717) is 18.0 Å². The van der Waals surface area contributed by atoms with E-state index in [1.54, 1.807) is 0 Å². The quantitative estimate of drug-likeness (QED) is 0.560. The number of halogens is 1. The van der Waals surface area contributed by atoms with Crippen LogP contribution in [0.3, 0.4) is 0 Å². The number of ether oxygens (including phenoxy) is 1. The summed E-state index contributed by atoms with van der Waals surface area (Å²) >= 11 is 0. The zero-order valence-corrected chi connectivity index (χ0v) is 11.9. The third-order valence-electron chi connectivity index (χ3n) is 3.12. The predicted molar refractivity (Wildman–Crippen MR) is 86.5 cm³/mol. The first-order chi connectivity index (χ1) is 9.19. The van der Waals surface area contributed by atoms with E-state index in [0.717, 1.165) is 27.6 Å². The van der Waals surface area contributed by atoms with E-state index in [1.807, 2.05) is 43.3 Å². The minimum atomic E-state index is 0. The lowest BCUT2D eigenvalue weighted by Gasteiger charge is -2.09. The second-order valence-electron chi connectivity index (χ2n) is 4.41. The van der Waals surface area contributed by atoms with Crippen LogP contribution in [0.5, 0.6) is 5.75 Å². The SMILES string of the molecule is CCOc1ccc2nc3cc(N)ccc3c(N)c2c1.Cl. The topological polar surface area (TPSA) is 74.2 Å². The highest BCUT2D eigenvalue weighted by atomic mass is 35.5. The predicted octanol–water partition coefficient (Wildman–Crippen LogP) is 3.37. The molecule has 0 aliphatic carbocycles. The summed E-state index contributed by atoms with van der Waals surface area (Å²) in [6, 6.07) is 11.3. The fraction of sp³-hybridized carbons (Fsp3) is 0.133. The maximum absolute atomic E-state index is 6.23. The summed E-state index contributed by atoms with van der Waals surface area (Å²) in [5.74, 6) is 0.804. The molecule has 3 rings (SSSR count). The molecule has 0 saturated carbocycles. The number of rotatable bonds is 2. The van der Waals surface area contributed by atoms with E-state index in [2.05, 4.69) is 4.98 Å². The van der Waals surface area contributed by atoms with Gasteiger partial charge in [0, 0.05) is 16.5 Å². The van der Waals surface area contributed by atoms with Crippen LogP contribution in [0.1, 0.15) is 6.92 Å². The molecule has 0 radical (unpaired) electrons. The number of anilines is 2. The number of aromatic nitrogens is 1. The molecule has 0 fully saturated rings. The van der Waals surface area contributed by atoms with Gasteiger partial charge in [0.1, 0.15) is 5.75 Å². The number of nitrogen functional groups attached to an aromatic ring is 2. The van der Waals surface area contributed by atoms with Crippen molar-refractivity contribution >= 4 is 45.6 Å². The number of benzene rings is 2. The van der Waals surface area contributed by atoms with Gasteiger partial charge in [-0.25, -0.2) is 4.98 Å². The van der Waals surface area contributed by atoms with Crippen LogP contribution in [-0.2, 0) is 0 Å². The molecule has 0 atom stereocenters. The van der Waals surface area contributed by atoms with Gasteiger partial charge in [-0.05, 0) is 43.3 Å². The smallest absolute Gasteiger partial charge is 0.120 e. The van der Waals surface area contributed by atoms with Crippen LogP contribution in [0.25, 0.3) is 21.8 Å². The molecule has 0 spiro atoms. The summed E-state index contributed by atoms with van der Waals surface area (Å²) in [6.45, 7) is 2.58. The summed E-state index contributed by atoms with van der Waals surface area (Å²) in [4.78, 5) is 4.59. The van der Waals surface area contributed by atoms with Gasteiger partial charge in [-0.3, -0.25) is 0 Å². The Morgan fingerprint density at radius 3 is 2.55 bits per heavy atom. The number of nitrogens with zero attached hydrogens (tertiary/aromatic N) is 1. The van der Waals surface area contributed by atoms with Gasteiger partial charge < -0.3 is 16.2 Å². The lowest BCUT2D eigenvalue weighted by atomic mass is 10.1. The number of hydrogen-bond acceptors (Lipinski definition) is 4. The van der Waals surface area contributed by atoms with Crippen LogP contribution in [-0.4, -0.2) is 11.6 Å². The van der Waals surface area contributed by atoms with Crippen molar-refractivity contribution in [2.24, 2.45) is 0 Å². The summed E-state index contributed by atoms with van der Waals surface area (Å²) in [6.07, 6.45) is 0. The molecule has 2 aromatic carbocycles. The van der Waals surface area contributed by atoms with E-state index in [4.69, 9.17) is 16.2 Å². The Morgan fingerprint density at radius 2 is 1.80 bits per heavy atom. The first kappa shape index (κ1) is 14.2. The molecule has 0 bridgehead atoms. The average molecular weight is 290 g/mol. The highest BCUT2D eigenvalue weighted by Crippen LogP contribution is 2.31. The second-order valence-corrected chi connectivity index (χ2v) is 4.41. The molecule has 0 unspecified atom stereocenters. The molecule has 0 saturated heterocycles. The lowest BCUT2D eigenvalue weighted by molar-refractivity contribution is 0.341. The Bertz CT molecular complexity index is 774. The normalized spacial score (nSPS) is 10.4. The maximum atomic E-state index is 6.23. The molecule has 0 aliphatic heterocycles. The largest absolute Gasteiger partial charge is 0.494 e. The van der Waals surface area contributed by atoms with Gasteiger partial charge in [0.2, 0.25) is 0 Å². The van der Waals surface area contributed by atoms with Gasteiger partial charge >= 0.3 is 0 Å². The van der Waals surface area contributed by atoms with Crippen LogP contribution in [0.2, 0.25) is 0 Å². The standard InChI is InChI=1S/C15H15N3O.ClH/c1-2-19-10-4-6-13-12(8-10)15(17)11-5-3-9(16)7-14(11)18-13;/h3-8H,2,16H2,1H3,(H2,17,18);1H. The fourth-order valence-corrected chi connectivity index (χ4v) is 2.23. The highest BCUT2D eigenvalue weighted by Gasteiger charge is 2.07. The van der Waals surface area contributed by atoms with E-state index < -0.39 is 0 Å². The molecule has 104 valence electrons. The first-order valence-electron chi connectivity index (χ1n) is 6.20.